The molecule has 0 aliphatic heterocycles. The number of nitrogens with one attached hydrogen (secondary N) is 2. The maximum Gasteiger partial charge on any atom is 0.416 e. The molecule has 0 radical (unpaired) electrons. The number of benzene rings is 2. The molecule has 2 aromatic carbocycles. The minimum atomic E-state index is -4.40. The van der Waals surface area contributed by atoms with Crippen molar-refractivity contribution in [3.63, 3.8) is 0 Å². The van der Waals surface area contributed by atoms with Gasteiger partial charge in [0.15, 0.2) is 0 Å². The second-order valence-electron chi connectivity index (χ2n) is 5.02. The summed E-state index contributed by atoms with van der Waals surface area (Å²) in [5, 5.41) is 10.0. The summed E-state index contributed by atoms with van der Waals surface area (Å²) in [7, 11) is 0. The van der Waals surface area contributed by atoms with Gasteiger partial charge < -0.3 is 5.32 Å². The van der Waals surface area contributed by atoms with Crippen LogP contribution in [0.2, 0.25) is 0 Å². The van der Waals surface area contributed by atoms with Crippen molar-refractivity contribution >= 4 is 16.8 Å². The van der Waals surface area contributed by atoms with Gasteiger partial charge in [-0.25, -0.2) is 0 Å². The van der Waals surface area contributed by atoms with Crippen LogP contribution in [0, 0.1) is 0 Å². The number of para-hydroxylation sites is 1. The van der Waals surface area contributed by atoms with Gasteiger partial charge >= 0.3 is 6.18 Å². The third-order valence-electron chi connectivity index (χ3n) is 3.43. The summed E-state index contributed by atoms with van der Waals surface area (Å²) in [5.74, 6) is -0.378. The van der Waals surface area contributed by atoms with Gasteiger partial charge in [-0.3, -0.25) is 9.89 Å². The molecule has 23 heavy (non-hydrogen) atoms. The molecular formula is C16H12F3N3O. The number of hydrogen-bond donors (Lipinski definition) is 2. The van der Waals surface area contributed by atoms with Crippen molar-refractivity contribution < 1.29 is 18.0 Å². The third kappa shape index (κ3) is 3.18. The number of aromatic nitrogens is 2. The second kappa shape index (κ2) is 5.75. The van der Waals surface area contributed by atoms with E-state index in [0.29, 0.717) is 16.6 Å². The predicted octanol–water partition coefficient (Wildman–Crippen LogP) is 3.51. The summed E-state index contributed by atoms with van der Waals surface area (Å²) in [6, 6.07) is 10.0. The van der Waals surface area contributed by atoms with Crippen LogP contribution in [0.3, 0.4) is 0 Å². The third-order valence-corrected chi connectivity index (χ3v) is 3.43. The monoisotopic (exact) mass is 319 g/mol. The lowest BCUT2D eigenvalue weighted by atomic mass is 10.1. The van der Waals surface area contributed by atoms with Crippen molar-refractivity contribution in [3.8, 4) is 0 Å². The summed E-state index contributed by atoms with van der Waals surface area (Å²) in [6.45, 7) is 0.00722. The molecule has 0 saturated carbocycles. The Bertz CT molecular complexity index is 855. The Morgan fingerprint density at radius 3 is 2.74 bits per heavy atom. The van der Waals surface area contributed by atoms with E-state index in [9.17, 15) is 18.0 Å². The zero-order chi connectivity index (χ0) is 16.4. The second-order valence-corrected chi connectivity index (χ2v) is 5.02. The van der Waals surface area contributed by atoms with E-state index in [1.54, 1.807) is 18.3 Å². The Balaban J connectivity index is 1.76. The van der Waals surface area contributed by atoms with Crippen molar-refractivity contribution in [1.29, 1.82) is 0 Å². The number of rotatable bonds is 3. The van der Waals surface area contributed by atoms with Gasteiger partial charge in [-0.05, 0) is 23.8 Å². The molecule has 0 bridgehead atoms. The first-order valence-corrected chi connectivity index (χ1v) is 6.81. The molecule has 2 N–H and O–H groups in total. The molecule has 3 aromatic rings. The first-order chi connectivity index (χ1) is 10.9. The molecule has 1 amide bonds. The number of aromatic amines is 1. The van der Waals surface area contributed by atoms with E-state index >= 15 is 0 Å². The van der Waals surface area contributed by atoms with Crippen LogP contribution in [-0.4, -0.2) is 16.1 Å². The summed E-state index contributed by atoms with van der Waals surface area (Å²) in [5.41, 5.74) is 0.630. The Morgan fingerprint density at radius 1 is 1.17 bits per heavy atom. The zero-order valence-electron chi connectivity index (χ0n) is 11.8. The fraction of sp³-hybridized carbons (Fsp3) is 0.125. The van der Waals surface area contributed by atoms with Crippen molar-refractivity contribution in [3.05, 3.63) is 65.4 Å². The Hall–Kier alpha value is -2.83. The van der Waals surface area contributed by atoms with E-state index in [4.69, 9.17) is 0 Å². The topological polar surface area (TPSA) is 57.8 Å². The van der Waals surface area contributed by atoms with Crippen LogP contribution in [0.1, 0.15) is 21.5 Å². The number of alkyl halides is 3. The average Bonchev–Trinajstić information content (AvgIpc) is 3.00. The lowest BCUT2D eigenvalue weighted by molar-refractivity contribution is -0.137. The smallest absolute Gasteiger partial charge is 0.348 e. The number of carbonyl (C=O) groups is 1. The summed E-state index contributed by atoms with van der Waals surface area (Å²) >= 11 is 0. The summed E-state index contributed by atoms with van der Waals surface area (Å²) in [6.07, 6.45) is -2.81. The first kappa shape index (κ1) is 15.1. The van der Waals surface area contributed by atoms with E-state index in [2.05, 4.69) is 15.5 Å². The molecule has 3 rings (SSSR count). The number of H-pyrrole nitrogens is 1. The van der Waals surface area contributed by atoms with Crippen LogP contribution in [0.4, 0.5) is 13.2 Å². The summed E-state index contributed by atoms with van der Waals surface area (Å²) in [4.78, 5) is 12.2. The van der Waals surface area contributed by atoms with Gasteiger partial charge in [0, 0.05) is 11.9 Å². The maximum atomic E-state index is 12.7. The van der Waals surface area contributed by atoms with E-state index in [1.807, 2.05) is 6.07 Å². The molecule has 1 aromatic heterocycles. The maximum absolute atomic E-state index is 12.7. The zero-order valence-corrected chi connectivity index (χ0v) is 11.8. The highest BCUT2D eigenvalue weighted by Crippen LogP contribution is 2.29. The van der Waals surface area contributed by atoms with Crippen LogP contribution in [-0.2, 0) is 12.7 Å². The number of hydrogen-bond acceptors (Lipinski definition) is 2. The van der Waals surface area contributed by atoms with Crippen molar-refractivity contribution in [2.24, 2.45) is 0 Å². The van der Waals surface area contributed by atoms with Crippen LogP contribution >= 0.6 is 0 Å². The minimum absolute atomic E-state index is 0.00722. The predicted molar refractivity (Wildman–Crippen MR) is 78.7 cm³/mol. The average molecular weight is 319 g/mol. The largest absolute Gasteiger partial charge is 0.416 e. The van der Waals surface area contributed by atoms with E-state index in [1.165, 1.54) is 12.1 Å². The van der Waals surface area contributed by atoms with Gasteiger partial charge in [-0.2, -0.15) is 18.3 Å². The molecular weight excluding hydrogens is 307 g/mol. The Morgan fingerprint density at radius 2 is 1.96 bits per heavy atom. The molecule has 4 nitrogen and oxygen atoms in total. The van der Waals surface area contributed by atoms with Crippen molar-refractivity contribution in [1.82, 2.24) is 15.5 Å². The van der Waals surface area contributed by atoms with Crippen LogP contribution < -0.4 is 5.32 Å². The molecule has 0 fully saturated rings. The van der Waals surface area contributed by atoms with Crippen LogP contribution in [0.5, 0.6) is 0 Å². The van der Waals surface area contributed by atoms with E-state index in [-0.39, 0.29) is 12.5 Å². The molecule has 0 spiro atoms. The minimum Gasteiger partial charge on any atom is -0.348 e. The quantitative estimate of drug-likeness (QED) is 0.776. The number of fused-ring (bicyclic) bond motifs is 1. The molecule has 1 heterocycles. The molecule has 0 unspecified atom stereocenters. The van der Waals surface area contributed by atoms with E-state index in [0.717, 1.165) is 17.5 Å². The highest BCUT2D eigenvalue weighted by molar-refractivity contribution is 6.05. The van der Waals surface area contributed by atoms with Crippen LogP contribution in [0.25, 0.3) is 10.9 Å². The highest BCUT2D eigenvalue weighted by atomic mass is 19.4. The van der Waals surface area contributed by atoms with Crippen molar-refractivity contribution in [2.75, 3.05) is 0 Å². The molecule has 0 atom stereocenters. The van der Waals surface area contributed by atoms with Crippen LogP contribution in [0.15, 0.2) is 48.7 Å². The Kier molecular flexibility index (Phi) is 3.77. The molecule has 7 heteroatoms. The fourth-order valence-electron chi connectivity index (χ4n) is 2.29. The van der Waals surface area contributed by atoms with Gasteiger partial charge in [0.2, 0.25) is 0 Å². The number of nitrogens with zero attached hydrogens (tertiary/aromatic N) is 1. The van der Waals surface area contributed by atoms with Gasteiger partial charge in [0.1, 0.15) is 0 Å². The van der Waals surface area contributed by atoms with E-state index < -0.39 is 11.7 Å². The number of amides is 1. The molecule has 118 valence electrons. The fourth-order valence-corrected chi connectivity index (χ4v) is 2.29. The highest BCUT2D eigenvalue weighted by Gasteiger charge is 2.30. The number of halogens is 3. The SMILES string of the molecule is O=C(NCc1cccc(C(F)(F)F)c1)c1cccc2cn[nH]c12. The summed E-state index contributed by atoms with van der Waals surface area (Å²) < 4.78 is 38.0. The molecule has 0 aliphatic carbocycles. The van der Waals surface area contributed by atoms with Gasteiger partial charge in [-0.1, -0.05) is 24.3 Å². The standard InChI is InChI=1S/C16H12F3N3O/c17-16(18,19)12-5-1-3-10(7-12)8-20-15(23)13-6-2-4-11-9-21-22-14(11)13/h1-7,9H,8H2,(H,20,23)(H,21,22). The lowest BCUT2D eigenvalue weighted by Crippen LogP contribution is -2.23. The lowest BCUT2D eigenvalue weighted by Gasteiger charge is -2.10. The normalized spacial score (nSPS) is 11.6. The van der Waals surface area contributed by atoms with Gasteiger partial charge in [0.25, 0.3) is 5.91 Å². The first-order valence-electron chi connectivity index (χ1n) is 6.81. The molecule has 0 aliphatic rings. The molecule has 0 saturated heterocycles. The number of carbonyl (C=O) groups excluding carboxylic acids is 1. The van der Waals surface area contributed by atoms with Gasteiger partial charge in [0.05, 0.1) is 22.8 Å². The van der Waals surface area contributed by atoms with Crippen molar-refractivity contribution in [2.45, 2.75) is 12.7 Å². The van der Waals surface area contributed by atoms with Gasteiger partial charge in [-0.15, -0.1) is 0 Å². The Labute approximate surface area is 129 Å².